The van der Waals surface area contributed by atoms with Gasteiger partial charge in [0.15, 0.2) is 0 Å². The maximum absolute atomic E-state index is 12.0. The van der Waals surface area contributed by atoms with Gasteiger partial charge in [0.05, 0.1) is 23.2 Å². The second kappa shape index (κ2) is 2.71. The first-order chi connectivity index (χ1) is 7.05. The SMILES string of the molecule is C[C@]12C=C[C@@]3(CCC[C@@H](O)[C@@H]3C(=O)C1)O2. The summed E-state index contributed by atoms with van der Waals surface area (Å²) in [4.78, 5) is 12.0. The molecule has 3 nitrogen and oxygen atoms in total. The van der Waals surface area contributed by atoms with Crippen molar-refractivity contribution in [1.29, 1.82) is 0 Å². The lowest BCUT2D eigenvalue weighted by molar-refractivity contribution is -0.190. The molecule has 3 rings (SSSR count). The van der Waals surface area contributed by atoms with Gasteiger partial charge in [-0.3, -0.25) is 4.79 Å². The van der Waals surface area contributed by atoms with Crippen LogP contribution in [0.3, 0.4) is 0 Å². The van der Waals surface area contributed by atoms with Crippen molar-refractivity contribution in [2.45, 2.75) is 49.9 Å². The molecule has 1 N–H and O–H groups in total. The minimum atomic E-state index is -0.515. The number of carbonyl (C=O) groups excluding carboxylic acids is 1. The number of fused-ring (bicyclic) bond motifs is 1. The predicted molar refractivity (Wildman–Crippen MR) is 54.3 cm³/mol. The summed E-state index contributed by atoms with van der Waals surface area (Å²) in [5.41, 5.74) is -0.896. The van der Waals surface area contributed by atoms with E-state index >= 15 is 0 Å². The molecule has 1 spiro atoms. The number of hydrogen-bond acceptors (Lipinski definition) is 3. The molecular formula is C12H16O3. The van der Waals surface area contributed by atoms with Crippen molar-refractivity contribution < 1.29 is 14.6 Å². The van der Waals surface area contributed by atoms with Gasteiger partial charge < -0.3 is 9.84 Å². The monoisotopic (exact) mass is 208 g/mol. The molecule has 3 aliphatic rings. The van der Waals surface area contributed by atoms with Crippen molar-refractivity contribution >= 4 is 5.78 Å². The van der Waals surface area contributed by atoms with Crippen LogP contribution in [0.4, 0.5) is 0 Å². The molecule has 2 fully saturated rings. The van der Waals surface area contributed by atoms with E-state index in [1.54, 1.807) is 0 Å². The summed E-state index contributed by atoms with van der Waals surface area (Å²) >= 11 is 0. The molecule has 1 saturated carbocycles. The van der Waals surface area contributed by atoms with Crippen LogP contribution in [0.2, 0.25) is 0 Å². The smallest absolute Gasteiger partial charge is 0.144 e. The molecule has 0 radical (unpaired) electrons. The average Bonchev–Trinajstić information content (AvgIpc) is 2.38. The van der Waals surface area contributed by atoms with E-state index in [0.29, 0.717) is 6.42 Å². The molecule has 2 bridgehead atoms. The fraction of sp³-hybridized carbons (Fsp3) is 0.750. The number of Topliss-reactive ketones (excluding diaryl/α,β-unsaturated/α-hetero) is 1. The van der Waals surface area contributed by atoms with E-state index in [0.717, 1.165) is 19.3 Å². The van der Waals surface area contributed by atoms with Crippen LogP contribution in [0.15, 0.2) is 12.2 Å². The molecule has 82 valence electrons. The van der Waals surface area contributed by atoms with Crippen molar-refractivity contribution in [3.8, 4) is 0 Å². The molecule has 3 heteroatoms. The van der Waals surface area contributed by atoms with Gasteiger partial charge in [-0.25, -0.2) is 0 Å². The third kappa shape index (κ3) is 1.16. The zero-order valence-electron chi connectivity index (χ0n) is 8.90. The Morgan fingerprint density at radius 2 is 2.33 bits per heavy atom. The highest BCUT2D eigenvalue weighted by molar-refractivity contribution is 5.86. The van der Waals surface area contributed by atoms with Crippen LogP contribution in [-0.2, 0) is 9.53 Å². The lowest BCUT2D eigenvalue weighted by Gasteiger charge is -2.48. The lowest BCUT2D eigenvalue weighted by Crippen LogP contribution is -2.57. The number of aliphatic hydroxyl groups excluding tert-OH is 1. The summed E-state index contributed by atoms with van der Waals surface area (Å²) in [5.74, 6) is -0.154. The van der Waals surface area contributed by atoms with Gasteiger partial charge in [-0.2, -0.15) is 0 Å². The number of hydrogen-bond donors (Lipinski definition) is 1. The first kappa shape index (κ1) is 9.55. The summed E-state index contributed by atoms with van der Waals surface area (Å²) < 4.78 is 6.03. The highest BCUT2D eigenvalue weighted by Crippen LogP contribution is 2.51. The number of ketones is 1. The van der Waals surface area contributed by atoms with Crippen molar-refractivity contribution in [3.05, 3.63) is 12.2 Å². The third-order valence-corrected chi connectivity index (χ3v) is 3.99. The molecule has 0 aromatic heterocycles. The summed E-state index contributed by atoms with van der Waals surface area (Å²) in [6, 6.07) is 0. The van der Waals surface area contributed by atoms with Gasteiger partial charge in [0.25, 0.3) is 0 Å². The molecule has 2 aliphatic heterocycles. The molecular weight excluding hydrogens is 192 g/mol. The van der Waals surface area contributed by atoms with Gasteiger partial charge in [0, 0.05) is 6.42 Å². The van der Waals surface area contributed by atoms with Gasteiger partial charge in [0.2, 0.25) is 0 Å². The molecule has 1 aliphatic carbocycles. The van der Waals surface area contributed by atoms with Gasteiger partial charge in [-0.15, -0.1) is 0 Å². The largest absolute Gasteiger partial charge is 0.392 e. The Kier molecular flexibility index (Phi) is 1.73. The van der Waals surface area contributed by atoms with Crippen molar-refractivity contribution in [1.82, 2.24) is 0 Å². The zero-order valence-corrected chi connectivity index (χ0v) is 8.90. The molecule has 0 aromatic rings. The van der Waals surface area contributed by atoms with Crippen LogP contribution >= 0.6 is 0 Å². The van der Waals surface area contributed by atoms with E-state index in [1.165, 1.54) is 0 Å². The summed E-state index contributed by atoms with van der Waals surface area (Å²) in [7, 11) is 0. The summed E-state index contributed by atoms with van der Waals surface area (Å²) in [5, 5.41) is 9.94. The first-order valence-corrected chi connectivity index (χ1v) is 5.66. The fourth-order valence-corrected chi connectivity index (χ4v) is 3.39. The summed E-state index contributed by atoms with van der Waals surface area (Å²) in [6.45, 7) is 1.95. The Balaban J connectivity index is 2.04. The molecule has 0 amide bonds. The standard InChI is InChI=1S/C12H16O3/c1-11-5-6-12(15-11)4-2-3-8(13)10(12)9(14)7-11/h5-6,8,10,13H,2-4,7H2,1H3/t8-,10-,11+,12-/m1/s1. The second-order valence-corrected chi connectivity index (χ2v) is 5.28. The Bertz CT molecular complexity index is 349. The number of rotatable bonds is 0. The number of carbonyl (C=O) groups is 1. The Hall–Kier alpha value is -0.670. The van der Waals surface area contributed by atoms with Crippen LogP contribution in [0, 0.1) is 5.92 Å². The molecule has 0 aromatic carbocycles. The van der Waals surface area contributed by atoms with Gasteiger partial charge in [-0.1, -0.05) is 12.2 Å². The maximum atomic E-state index is 12.0. The van der Waals surface area contributed by atoms with E-state index < -0.39 is 17.3 Å². The van der Waals surface area contributed by atoms with Crippen LogP contribution < -0.4 is 0 Å². The highest BCUT2D eigenvalue weighted by Gasteiger charge is 2.58. The van der Waals surface area contributed by atoms with Crippen LogP contribution in [0.5, 0.6) is 0 Å². The lowest BCUT2D eigenvalue weighted by atomic mass is 9.70. The third-order valence-electron chi connectivity index (χ3n) is 3.99. The van der Waals surface area contributed by atoms with Crippen LogP contribution in [0.25, 0.3) is 0 Å². The van der Waals surface area contributed by atoms with E-state index in [1.807, 2.05) is 19.1 Å². The van der Waals surface area contributed by atoms with Crippen LogP contribution in [-0.4, -0.2) is 28.2 Å². The van der Waals surface area contributed by atoms with E-state index in [4.69, 9.17) is 4.74 Å². The molecule has 1 saturated heterocycles. The van der Waals surface area contributed by atoms with Crippen molar-refractivity contribution in [2.24, 2.45) is 5.92 Å². The Morgan fingerprint density at radius 1 is 1.53 bits per heavy atom. The fourth-order valence-electron chi connectivity index (χ4n) is 3.39. The molecule has 0 unspecified atom stereocenters. The van der Waals surface area contributed by atoms with Crippen molar-refractivity contribution in [2.75, 3.05) is 0 Å². The molecule has 15 heavy (non-hydrogen) atoms. The topological polar surface area (TPSA) is 46.5 Å². The Labute approximate surface area is 89.1 Å². The van der Waals surface area contributed by atoms with Gasteiger partial charge in [0.1, 0.15) is 5.78 Å². The average molecular weight is 208 g/mol. The summed E-state index contributed by atoms with van der Waals surface area (Å²) in [6.07, 6.45) is 6.45. The van der Waals surface area contributed by atoms with E-state index in [-0.39, 0.29) is 11.7 Å². The van der Waals surface area contributed by atoms with Crippen molar-refractivity contribution in [3.63, 3.8) is 0 Å². The van der Waals surface area contributed by atoms with E-state index in [9.17, 15) is 9.90 Å². The van der Waals surface area contributed by atoms with Gasteiger partial charge >= 0.3 is 0 Å². The normalized spacial score (nSPS) is 53.1. The van der Waals surface area contributed by atoms with Crippen LogP contribution in [0.1, 0.15) is 32.6 Å². The molecule has 2 heterocycles. The predicted octanol–water partition coefficient (Wildman–Crippen LogP) is 1.20. The molecule has 4 atom stereocenters. The zero-order chi connectivity index (χ0) is 10.7. The van der Waals surface area contributed by atoms with Gasteiger partial charge in [-0.05, 0) is 26.2 Å². The minimum Gasteiger partial charge on any atom is -0.392 e. The second-order valence-electron chi connectivity index (χ2n) is 5.28. The minimum absolute atomic E-state index is 0.168. The van der Waals surface area contributed by atoms with E-state index in [2.05, 4.69) is 0 Å². The first-order valence-electron chi connectivity index (χ1n) is 5.66. The Morgan fingerprint density at radius 3 is 3.13 bits per heavy atom. The number of aliphatic hydroxyl groups is 1. The quantitative estimate of drug-likeness (QED) is 0.608. The highest BCUT2D eigenvalue weighted by atomic mass is 16.5. The number of ether oxygens (including phenoxy) is 1. The maximum Gasteiger partial charge on any atom is 0.144 e.